The van der Waals surface area contributed by atoms with Gasteiger partial charge in [0.1, 0.15) is 6.33 Å². The van der Waals surface area contributed by atoms with E-state index in [4.69, 9.17) is 0 Å². The predicted octanol–water partition coefficient (Wildman–Crippen LogP) is 1.83. The normalized spacial score (nSPS) is 23.4. The Hall–Kier alpha value is -3.06. The fourth-order valence-electron chi connectivity index (χ4n) is 4.36. The highest BCUT2D eigenvalue weighted by atomic mass is 16.1. The molecule has 2 heterocycles. The average molecular weight is 374 g/mol. The van der Waals surface area contributed by atoms with Crippen molar-refractivity contribution < 1.29 is 4.79 Å². The molecular formula is C21H22N6O. The topological polar surface area (TPSA) is 75.9 Å². The lowest BCUT2D eigenvalue weighted by Gasteiger charge is -2.20. The Balaban J connectivity index is 1.18. The van der Waals surface area contributed by atoms with E-state index in [1.54, 1.807) is 11.0 Å². The lowest BCUT2D eigenvalue weighted by Crippen LogP contribution is -2.34. The Labute approximate surface area is 163 Å². The second-order valence-corrected chi connectivity index (χ2v) is 7.76. The number of piperidine rings is 1. The van der Waals surface area contributed by atoms with Crippen LogP contribution in [0.2, 0.25) is 0 Å². The van der Waals surface area contributed by atoms with Gasteiger partial charge in [0.2, 0.25) is 0 Å². The highest BCUT2D eigenvalue weighted by molar-refractivity contribution is 5.95. The van der Waals surface area contributed by atoms with Crippen molar-refractivity contribution in [1.82, 2.24) is 30.4 Å². The van der Waals surface area contributed by atoms with Gasteiger partial charge in [-0.3, -0.25) is 9.69 Å². The van der Waals surface area contributed by atoms with E-state index in [0.717, 1.165) is 30.9 Å². The zero-order valence-corrected chi connectivity index (χ0v) is 15.7. The Morgan fingerprint density at radius 1 is 1.14 bits per heavy atom. The molecule has 2 aromatic carbocycles. The number of hydrogen-bond acceptors (Lipinski definition) is 5. The summed E-state index contributed by atoms with van der Waals surface area (Å²) in [6.45, 7) is 5.07. The van der Waals surface area contributed by atoms with E-state index < -0.39 is 0 Å². The second-order valence-electron chi connectivity index (χ2n) is 7.76. The number of fused-ring (bicyclic) bond motifs is 1. The molecule has 0 spiro atoms. The number of aromatic nitrogens is 4. The fourth-order valence-corrected chi connectivity index (χ4v) is 4.36. The first-order chi connectivity index (χ1) is 13.7. The molecule has 0 bridgehead atoms. The summed E-state index contributed by atoms with van der Waals surface area (Å²) in [4.78, 5) is 15.2. The maximum absolute atomic E-state index is 12.7. The Morgan fingerprint density at radius 3 is 2.61 bits per heavy atom. The van der Waals surface area contributed by atoms with Gasteiger partial charge in [-0.25, -0.2) is 4.68 Å². The molecule has 1 amide bonds. The molecule has 1 aliphatic carbocycles. The lowest BCUT2D eigenvalue weighted by atomic mass is 10.1. The van der Waals surface area contributed by atoms with Gasteiger partial charge in [-0.05, 0) is 58.5 Å². The predicted molar refractivity (Wildman–Crippen MR) is 104 cm³/mol. The summed E-state index contributed by atoms with van der Waals surface area (Å²) in [6, 6.07) is 16.5. The number of carbonyl (C=O) groups excluding carboxylic acids is 1. The van der Waals surface area contributed by atoms with Crippen molar-refractivity contribution in [3.8, 4) is 5.69 Å². The SMILES string of the molecule is Cc1cc(C(=O)NC2C3CN(Cc4ccccc4)CC32)ccc1-n1cnnn1. The molecule has 7 heteroatoms. The van der Waals surface area contributed by atoms with Gasteiger partial charge < -0.3 is 5.32 Å². The summed E-state index contributed by atoms with van der Waals surface area (Å²) in [7, 11) is 0. The number of carbonyl (C=O) groups is 1. The van der Waals surface area contributed by atoms with E-state index in [9.17, 15) is 4.79 Å². The molecular weight excluding hydrogens is 352 g/mol. The minimum atomic E-state index is 0.000347. The van der Waals surface area contributed by atoms with Crippen molar-refractivity contribution in [2.24, 2.45) is 11.8 Å². The van der Waals surface area contributed by atoms with Gasteiger partial charge in [-0.2, -0.15) is 0 Å². The monoisotopic (exact) mass is 374 g/mol. The summed E-state index contributed by atoms with van der Waals surface area (Å²) < 4.78 is 1.60. The van der Waals surface area contributed by atoms with Crippen LogP contribution < -0.4 is 5.32 Å². The zero-order valence-electron chi connectivity index (χ0n) is 15.7. The minimum absolute atomic E-state index is 0.000347. The van der Waals surface area contributed by atoms with Gasteiger partial charge in [-0.15, -0.1) is 5.10 Å². The Morgan fingerprint density at radius 2 is 1.93 bits per heavy atom. The number of nitrogens with one attached hydrogen (secondary N) is 1. The molecule has 28 heavy (non-hydrogen) atoms. The molecule has 1 saturated carbocycles. The number of tetrazole rings is 1. The summed E-state index contributed by atoms with van der Waals surface area (Å²) in [5.41, 5.74) is 3.87. The Kier molecular flexibility index (Phi) is 4.16. The summed E-state index contributed by atoms with van der Waals surface area (Å²) in [5.74, 6) is 1.16. The highest BCUT2D eigenvalue weighted by Gasteiger charge is 2.56. The number of nitrogens with zero attached hydrogens (tertiary/aromatic N) is 5. The first-order valence-corrected chi connectivity index (χ1v) is 9.60. The molecule has 1 aromatic heterocycles. The molecule has 1 saturated heterocycles. The average Bonchev–Trinajstić information content (AvgIpc) is 3.12. The lowest BCUT2D eigenvalue weighted by molar-refractivity contribution is 0.0942. The van der Waals surface area contributed by atoms with E-state index in [-0.39, 0.29) is 5.91 Å². The number of benzene rings is 2. The molecule has 5 rings (SSSR count). The van der Waals surface area contributed by atoms with Crippen LogP contribution in [0.3, 0.4) is 0 Å². The third-order valence-corrected chi connectivity index (χ3v) is 5.87. The molecule has 1 aliphatic heterocycles. The summed E-state index contributed by atoms with van der Waals surface area (Å²) in [5, 5.41) is 14.4. The van der Waals surface area contributed by atoms with E-state index >= 15 is 0 Å². The van der Waals surface area contributed by atoms with E-state index in [0.29, 0.717) is 23.4 Å². The van der Waals surface area contributed by atoms with Crippen LogP contribution in [0.1, 0.15) is 21.5 Å². The molecule has 142 valence electrons. The van der Waals surface area contributed by atoms with E-state index in [1.807, 2.05) is 31.2 Å². The van der Waals surface area contributed by atoms with Crippen LogP contribution in [-0.2, 0) is 6.54 Å². The molecule has 2 unspecified atom stereocenters. The van der Waals surface area contributed by atoms with Crippen LogP contribution in [0.15, 0.2) is 54.9 Å². The molecule has 2 aliphatic rings. The van der Waals surface area contributed by atoms with Crippen LogP contribution in [-0.4, -0.2) is 50.1 Å². The van der Waals surface area contributed by atoms with Crippen molar-refractivity contribution in [3.63, 3.8) is 0 Å². The van der Waals surface area contributed by atoms with Gasteiger partial charge in [0.25, 0.3) is 5.91 Å². The number of aryl methyl sites for hydroxylation is 1. The molecule has 7 nitrogen and oxygen atoms in total. The largest absolute Gasteiger partial charge is 0.349 e. The van der Waals surface area contributed by atoms with Crippen molar-refractivity contribution in [2.45, 2.75) is 19.5 Å². The van der Waals surface area contributed by atoms with Crippen molar-refractivity contribution >= 4 is 5.91 Å². The quantitative estimate of drug-likeness (QED) is 0.737. The van der Waals surface area contributed by atoms with Gasteiger partial charge in [0, 0.05) is 31.2 Å². The maximum atomic E-state index is 12.7. The fraction of sp³-hybridized carbons (Fsp3) is 0.333. The molecule has 2 atom stereocenters. The number of likely N-dealkylation sites (tertiary alicyclic amines) is 1. The third kappa shape index (κ3) is 3.18. The summed E-state index contributed by atoms with van der Waals surface area (Å²) in [6.07, 6.45) is 1.55. The minimum Gasteiger partial charge on any atom is -0.349 e. The molecule has 3 aromatic rings. The van der Waals surface area contributed by atoms with Crippen molar-refractivity contribution in [2.75, 3.05) is 13.1 Å². The van der Waals surface area contributed by atoms with Crippen LogP contribution in [0.25, 0.3) is 5.69 Å². The summed E-state index contributed by atoms with van der Waals surface area (Å²) >= 11 is 0. The molecule has 1 N–H and O–H groups in total. The Bertz CT molecular complexity index is 975. The smallest absolute Gasteiger partial charge is 0.251 e. The van der Waals surface area contributed by atoms with Crippen LogP contribution in [0, 0.1) is 18.8 Å². The van der Waals surface area contributed by atoms with Crippen molar-refractivity contribution in [1.29, 1.82) is 0 Å². The second kappa shape index (κ2) is 6.83. The van der Waals surface area contributed by atoms with Crippen LogP contribution >= 0.6 is 0 Å². The highest BCUT2D eigenvalue weighted by Crippen LogP contribution is 2.46. The number of amides is 1. The van der Waals surface area contributed by atoms with Crippen LogP contribution in [0.5, 0.6) is 0 Å². The molecule has 2 fully saturated rings. The first kappa shape index (κ1) is 17.1. The van der Waals surface area contributed by atoms with E-state index in [2.05, 4.69) is 50.0 Å². The zero-order chi connectivity index (χ0) is 19.1. The van der Waals surface area contributed by atoms with Crippen molar-refractivity contribution in [3.05, 3.63) is 71.5 Å². The molecule has 0 radical (unpaired) electrons. The number of rotatable bonds is 5. The number of hydrogen-bond donors (Lipinski definition) is 1. The first-order valence-electron chi connectivity index (χ1n) is 9.60. The van der Waals surface area contributed by atoms with Crippen LogP contribution in [0.4, 0.5) is 0 Å². The van der Waals surface area contributed by atoms with E-state index in [1.165, 1.54) is 5.56 Å². The van der Waals surface area contributed by atoms with Gasteiger partial charge in [0.15, 0.2) is 0 Å². The van der Waals surface area contributed by atoms with Gasteiger partial charge in [0.05, 0.1) is 5.69 Å². The maximum Gasteiger partial charge on any atom is 0.251 e. The third-order valence-electron chi connectivity index (χ3n) is 5.87. The van der Waals surface area contributed by atoms with Gasteiger partial charge in [-0.1, -0.05) is 30.3 Å². The standard InChI is InChI=1S/C21H22N6O/c1-14-9-16(7-8-19(14)27-13-22-24-25-27)21(28)23-20-17-11-26(12-18(17)20)10-15-5-3-2-4-6-15/h2-9,13,17-18,20H,10-12H2,1H3,(H,23,28). The van der Waals surface area contributed by atoms with Gasteiger partial charge >= 0.3 is 0 Å².